The van der Waals surface area contributed by atoms with Crippen LogP contribution in [0.1, 0.15) is 12.5 Å². The molecular formula is C28H18. The summed E-state index contributed by atoms with van der Waals surface area (Å²) in [6.45, 7) is 0. The number of benzene rings is 5. The second kappa shape index (κ2) is 7.06. The summed E-state index contributed by atoms with van der Waals surface area (Å²) in [5.74, 6) is 6.45. The molecule has 0 spiro atoms. The van der Waals surface area contributed by atoms with Crippen LogP contribution in [0, 0.1) is 11.8 Å². The van der Waals surface area contributed by atoms with Gasteiger partial charge in [0, 0.05) is 11.1 Å². The van der Waals surface area contributed by atoms with Gasteiger partial charge in [-0.15, -0.1) is 0 Å². The van der Waals surface area contributed by atoms with E-state index in [-0.39, 0.29) is 0 Å². The lowest BCUT2D eigenvalue weighted by Crippen LogP contribution is -1.87. The monoisotopic (exact) mass is 355 g/mol. The van der Waals surface area contributed by atoms with Gasteiger partial charge in [0.25, 0.3) is 0 Å². The van der Waals surface area contributed by atoms with Gasteiger partial charge in [0.2, 0.25) is 0 Å². The number of fused-ring (bicyclic) bond motifs is 3. The molecule has 0 radical (unpaired) electrons. The third-order valence-electron chi connectivity index (χ3n) is 4.95. The molecule has 0 aliphatic rings. The molecular weight excluding hydrogens is 336 g/mol. The van der Waals surface area contributed by atoms with Crippen molar-refractivity contribution < 1.29 is 1.37 Å². The zero-order chi connectivity index (χ0) is 19.6. The van der Waals surface area contributed by atoms with Crippen molar-refractivity contribution in [3.05, 3.63) is 120 Å². The van der Waals surface area contributed by atoms with Crippen LogP contribution in [0.15, 0.2) is 109 Å². The van der Waals surface area contributed by atoms with E-state index in [1.165, 1.54) is 10.8 Å². The van der Waals surface area contributed by atoms with Crippen LogP contribution in [0.2, 0.25) is 0 Å². The van der Waals surface area contributed by atoms with Gasteiger partial charge in [-0.2, -0.15) is 0 Å². The van der Waals surface area contributed by atoms with Crippen molar-refractivity contribution in [3.8, 4) is 23.0 Å². The highest BCUT2D eigenvalue weighted by molar-refractivity contribution is 6.14. The molecule has 0 heterocycles. The van der Waals surface area contributed by atoms with Crippen LogP contribution in [-0.2, 0) is 0 Å². The molecule has 0 bridgehead atoms. The molecule has 0 fully saturated rings. The number of rotatable bonds is 1. The van der Waals surface area contributed by atoms with E-state index >= 15 is 0 Å². The fourth-order valence-electron chi connectivity index (χ4n) is 3.63. The highest BCUT2D eigenvalue weighted by Gasteiger charge is 2.09. The zero-order valence-electron chi connectivity index (χ0n) is 16.3. The van der Waals surface area contributed by atoms with E-state index < -0.39 is 0 Å². The Hall–Kier alpha value is -3.82. The summed E-state index contributed by atoms with van der Waals surface area (Å²) in [6.07, 6.45) is 0. The molecule has 0 amide bonds. The van der Waals surface area contributed by atoms with Crippen molar-refractivity contribution >= 4 is 21.5 Å². The average Bonchev–Trinajstić information content (AvgIpc) is 2.79. The van der Waals surface area contributed by atoms with Crippen LogP contribution in [-0.4, -0.2) is 0 Å². The summed E-state index contributed by atoms with van der Waals surface area (Å²) in [7, 11) is 0. The van der Waals surface area contributed by atoms with E-state index in [0.29, 0.717) is 6.04 Å². The maximum atomic E-state index is 9.00. The summed E-state index contributed by atoms with van der Waals surface area (Å²) in [5.41, 5.74) is 3.68. The summed E-state index contributed by atoms with van der Waals surface area (Å²) in [4.78, 5) is 0. The smallest absolute Gasteiger partial charge is 0.0622 e. The molecule has 5 rings (SSSR count). The predicted molar refractivity (Wildman–Crippen MR) is 119 cm³/mol. The molecule has 0 aliphatic carbocycles. The maximum Gasteiger partial charge on any atom is 0.0643 e. The van der Waals surface area contributed by atoms with E-state index in [2.05, 4.69) is 60.4 Å². The van der Waals surface area contributed by atoms with Gasteiger partial charge in [0.1, 0.15) is 0 Å². The van der Waals surface area contributed by atoms with E-state index in [0.717, 1.165) is 33.0 Å². The first-order valence-corrected chi connectivity index (χ1v) is 9.39. The van der Waals surface area contributed by atoms with Gasteiger partial charge in [-0.3, -0.25) is 0 Å². The molecule has 5 aromatic carbocycles. The summed E-state index contributed by atoms with van der Waals surface area (Å²) < 4.78 is 9.00. The summed E-state index contributed by atoms with van der Waals surface area (Å²) in [5, 5.41) is 4.57. The lowest BCUT2D eigenvalue weighted by Gasteiger charge is -2.11. The molecule has 5 aromatic rings. The van der Waals surface area contributed by atoms with Crippen molar-refractivity contribution in [1.82, 2.24) is 0 Å². The SMILES string of the molecule is [2H]c1c(C#Cc2ccccc2)cc2ccc3ccccc3c2c1-c1ccccc1. The van der Waals surface area contributed by atoms with Gasteiger partial charge in [-0.05, 0) is 56.9 Å². The third-order valence-corrected chi connectivity index (χ3v) is 4.95. The topological polar surface area (TPSA) is 0 Å². The molecule has 0 aromatic heterocycles. The molecule has 0 aliphatic heterocycles. The molecule has 0 saturated carbocycles. The van der Waals surface area contributed by atoms with Crippen molar-refractivity contribution in [1.29, 1.82) is 0 Å². The molecule has 0 N–H and O–H groups in total. The Bertz CT molecular complexity index is 1390. The Morgan fingerprint density at radius 2 is 1.21 bits per heavy atom. The van der Waals surface area contributed by atoms with Crippen LogP contribution in [0.3, 0.4) is 0 Å². The van der Waals surface area contributed by atoms with E-state index in [1.54, 1.807) is 0 Å². The molecule has 130 valence electrons. The minimum absolute atomic E-state index is 0.475. The summed E-state index contributed by atoms with van der Waals surface area (Å²) in [6, 6.07) is 35.3. The average molecular weight is 355 g/mol. The van der Waals surface area contributed by atoms with E-state index in [4.69, 9.17) is 1.37 Å². The quantitative estimate of drug-likeness (QED) is 0.223. The van der Waals surface area contributed by atoms with Crippen molar-refractivity contribution in [2.75, 3.05) is 0 Å². The number of hydrogen-bond donors (Lipinski definition) is 0. The van der Waals surface area contributed by atoms with Crippen LogP contribution >= 0.6 is 0 Å². The molecule has 0 nitrogen and oxygen atoms in total. The van der Waals surface area contributed by atoms with Gasteiger partial charge in [0.05, 0.1) is 1.37 Å². The van der Waals surface area contributed by atoms with Gasteiger partial charge < -0.3 is 0 Å². The summed E-state index contributed by atoms with van der Waals surface area (Å²) >= 11 is 0. The second-order valence-corrected chi connectivity index (χ2v) is 6.79. The standard InChI is InChI=1S/C28H18/c1-3-9-21(10-4-1)15-16-22-19-25-18-17-24-13-7-8-14-26(24)28(25)27(20-22)23-11-5-2-6-12-23/h1-14,17-20H/i20D. The fourth-order valence-corrected chi connectivity index (χ4v) is 3.63. The van der Waals surface area contributed by atoms with Gasteiger partial charge >= 0.3 is 0 Å². The van der Waals surface area contributed by atoms with Crippen molar-refractivity contribution in [2.24, 2.45) is 0 Å². The van der Waals surface area contributed by atoms with Crippen LogP contribution in [0.5, 0.6) is 0 Å². The predicted octanol–water partition coefficient (Wildman–Crippen LogP) is 7.06. The lowest BCUT2D eigenvalue weighted by atomic mass is 9.92. The largest absolute Gasteiger partial charge is 0.0643 e. The van der Waals surface area contributed by atoms with Crippen LogP contribution < -0.4 is 0 Å². The van der Waals surface area contributed by atoms with Crippen molar-refractivity contribution in [2.45, 2.75) is 0 Å². The van der Waals surface area contributed by atoms with Gasteiger partial charge in [-0.1, -0.05) is 96.8 Å². The lowest BCUT2D eigenvalue weighted by molar-refractivity contribution is 1.62. The van der Waals surface area contributed by atoms with Gasteiger partial charge in [0.15, 0.2) is 0 Å². The normalized spacial score (nSPS) is 11.1. The second-order valence-electron chi connectivity index (χ2n) is 6.79. The molecule has 28 heavy (non-hydrogen) atoms. The Morgan fingerprint density at radius 3 is 2.04 bits per heavy atom. The number of hydrogen-bond acceptors (Lipinski definition) is 0. The minimum atomic E-state index is 0.475. The molecule has 0 heteroatoms. The first-order chi connectivity index (χ1) is 14.3. The molecule has 0 atom stereocenters. The fraction of sp³-hybridized carbons (Fsp3) is 0. The molecule has 0 saturated heterocycles. The van der Waals surface area contributed by atoms with Crippen LogP contribution in [0.4, 0.5) is 0 Å². The zero-order valence-corrected chi connectivity index (χ0v) is 15.3. The highest BCUT2D eigenvalue weighted by Crippen LogP contribution is 2.35. The van der Waals surface area contributed by atoms with Crippen molar-refractivity contribution in [3.63, 3.8) is 0 Å². The Labute approximate surface area is 166 Å². The first kappa shape index (κ1) is 15.3. The Balaban J connectivity index is 1.85. The first-order valence-electron chi connectivity index (χ1n) is 9.89. The van der Waals surface area contributed by atoms with E-state index in [1.807, 2.05) is 54.6 Å². The maximum absolute atomic E-state index is 9.00. The Kier molecular flexibility index (Phi) is 3.85. The van der Waals surface area contributed by atoms with E-state index in [9.17, 15) is 0 Å². The Morgan fingerprint density at radius 1 is 0.571 bits per heavy atom. The third kappa shape index (κ3) is 3.04. The highest BCUT2D eigenvalue weighted by atomic mass is 14.1. The minimum Gasteiger partial charge on any atom is -0.0622 e. The van der Waals surface area contributed by atoms with Crippen LogP contribution in [0.25, 0.3) is 32.7 Å². The molecule has 0 unspecified atom stereocenters. The van der Waals surface area contributed by atoms with Gasteiger partial charge in [-0.25, -0.2) is 0 Å².